The van der Waals surface area contributed by atoms with E-state index in [2.05, 4.69) is 255 Å². The van der Waals surface area contributed by atoms with E-state index in [9.17, 15) is 0 Å². The highest BCUT2D eigenvalue weighted by Gasteiger charge is 2.55. The third kappa shape index (κ3) is 5.16. The van der Waals surface area contributed by atoms with Crippen molar-refractivity contribution in [1.82, 2.24) is 4.57 Å². The minimum Gasteiger partial charge on any atom is -0.310 e. The third-order valence-corrected chi connectivity index (χ3v) is 15.9. The molecule has 0 N–H and O–H groups in total. The first-order chi connectivity index (χ1) is 32.9. The number of allylic oxidation sites excluding steroid dienone is 4. The van der Waals surface area contributed by atoms with Crippen LogP contribution in [0.1, 0.15) is 65.6 Å². The summed E-state index contributed by atoms with van der Waals surface area (Å²) in [6.07, 6.45) is 4.91. The number of para-hydroxylation sites is 3. The molecule has 318 valence electrons. The molecule has 0 saturated carbocycles. The second-order valence-electron chi connectivity index (χ2n) is 19.6. The average Bonchev–Trinajstić information content (AvgIpc) is 3.96. The van der Waals surface area contributed by atoms with Crippen LogP contribution in [0, 0.1) is 5.92 Å². The van der Waals surface area contributed by atoms with Crippen LogP contribution >= 0.6 is 0 Å². The molecule has 2 heteroatoms. The van der Waals surface area contributed by atoms with Gasteiger partial charge in [0.25, 0.3) is 0 Å². The molecule has 3 unspecified atom stereocenters. The highest BCUT2D eigenvalue weighted by molar-refractivity contribution is 6.13. The summed E-state index contributed by atoms with van der Waals surface area (Å²) in [6.45, 7) is 7.17. The monoisotopic (exact) mass is 856 g/mol. The molecule has 3 atom stereocenters. The summed E-state index contributed by atoms with van der Waals surface area (Å²) >= 11 is 0. The zero-order valence-electron chi connectivity index (χ0n) is 37.9. The zero-order valence-corrected chi connectivity index (χ0v) is 37.9. The molecule has 3 aliphatic carbocycles. The Morgan fingerprint density at radius 2 is 1.06 bits per heavy atom. The second-order valence-corrected chi connectivity index (χ2v) is 19.6. The van der Waals surface area contributed by atoms with Crippen molar-refractivity contribution in [2.75, 3.05) is 4.90 Å². The molecule has 0 bridgehead atoms. The van der Waals surface area contributed by atoms with Gasteiger partial charge < -0.3 is 9.47 Å². The molecular formula is C65H48N2. The zero-order chi connectivity index (χ0) is 44.6. The van der Waals surface area contributed by atoms with Gasteiger partial charge in [-0.1, -0.05) is 197 Å². The summed E-state index contributed by atoms with van der Waals surface area (Å²) < 4.78 is 2.55. The van der Waals surface area contributed by atoms with Crippen LogP contribution in [-0.4, -0.2) is 4.57 Å². The first kappa shape index (κ1) is 38.3. The number of hydrogen-bond acceptors (Lipinski definition) is 1. The molecule has 1 aliphatic heterocycles. The molecule has 2 heterocycles. The summed E-state index contributed by atoms with van der Waals surface area (Å²) in [4.78, 5) is 2.45. The fraction of sp³-hybridized carbons (Fsp3) is 0.108. The molecule has 0 saturated heterocycles. The van der Waals surface area contributed by atoms with Crippen LogP contribution < -0.4 is 4.90 Å². The lowest BCUT2D eigenvalue weighted by molar-refractivity contribution is 0.546. The molecule has 1 spiro atoms. The molecule has 0 radical (unpaired) electrons. The second kappa shape index (κ2) is 14.0. The van der Waals surface area contributed by atoms with Gasteiger partial charge in [0.1, 0.15) is 0 Å². The van der Waals surface area contributed by atoms with E-state index in [1.807, 2.05) is 0 Å². The van der Waals surface area contributed by atoms with Crippen LogP contribution in [0.3, 0.4) is 0 Å². The van der Waals surface area contributed by atoms with Crippen LogP contribution in [-0.2, 0) is 10.8 Å². The van der Waals surface area contributed by atoms with Crippen molar-refractivity contribution in [3.05, 3.63) is 269 Å². The van der Waals surface area contributed by atoms with E-state index in [1.165, 1.54) is 99.8 Å². The summed E-state index contributed by atoms with van der Waals surface area (Å²) in [7, 11) is 0. The van der Waals surface area contributed by atoms with Gasteiger partial charge in [0.05, 0.1) is 22.1 Å². The quantitative estimate of drug-likeness (QED) is 0.167. The first-order valence-corrected chi connectivity index (χ1v) is 23.9. The number of rotatable bonds is 5. The molecule has 4 aliphatic rings. The molecule has 10 aromatic rings. The van der Waals surface area contributed by atoms with E-state index in [-0.39, 0.29) is 17.3 Å². The third-order valence-electron chi connectivity index (χ3n) is 15.9. The van der Waals surface area contributed by atoms with Crippen LogP contribution in [0.2, 0.25) is 0 Å². The van der Waals surface area contributed by atoms with Gasteiger partial charge in [0.2, 0.25) is 0 Å². The predicted molar refractivity (Wildman–Crippen MR) is 279 cm³/mol. The number of hydrogen-bond donors (Lipinski definition) is 0. The Morgan fingerprint density at radius 1 is 0.463 bits per heavy atom. The molecule has 9 aromatic carbocycles. The Morgan fingerprint density at radius 3 is 1.87 bits per heavy atom. The van der Waals surface area contributed by atoms with E-state index < -0.39 is 5.41 Å². The van der Waals surface area contributed by atoms with Crippen LogP contribution in [0.25, 0.3) is 55.3 Å². The number of nitrogens with zero attached hydrogens (tertiary/aromatic N) is 2. The number of aromatic nitrogens is 1. The Bertz CT molecular complexity index is 3730. The number of anilines is 3. The van der Waals surface area contributed by atoms with Crippen LogP contribution in [0.5, 0.6) is 0 Å². The predicted octanol–water partition coefficient (Wildman–Crippen LogP) is 16.6. The number of fused-ring (bicyclic) bond motifs is 14. The van der Waals surface area contributed by atoms with Gasteiger partial charge in [-0.2, -0.15) is 0 Å². The van der Waals surface area contributed by atoms with Crippen molar-refractivity contribution in [3.63, 3.8) is 0 Å². The topological polar surface area (TPSA) is 8.17 Å². The van der Waals surface area contributed by atoms with Gasteiger partial charge in [0, 0.05) is 39.2 Å². The normalized spacial score (nSPS) is 19.0. The summed E-state index contributed by atoms with van der Waals surface area (Å²) in [5.41, 5.74) is 24.1. The molecule has 2 nitrogen and oxygen atoms in total. The van der Waals surface area contributed by atoms with Gasteiger partial charge in [0.15, 0.2) is 0 Å². The van der Waals surface area contributed by atoms with Crippen molar-refractivity contribution >= 4 is 44.4 Å². The van der Waals surface area contributed by atoms with Gasteiger partial charge in [-0.3, -0.25) is 0 Å². The first-order valence-electron chi connectivity index (χ1n) is 23.9. The molecule has 67 heavy (non-hydrogen) atoms. The molecule has 0 fully saturated rings. The van der Waals surface area contributed by atoms with Crippen molar-refractivity contribution < 1.29 is 0 Å². The summed E-state index contributed by atoms with van der Waals surface area (Å²) in [6, 6.07) is 80.0. The van der Waals surface area contributed by atoms with E-state index in [1.54, 1.807) is 0 Å². The highest BCUT2D eigenvalue weighted by Crippen LogP contribution is 2.65. The van der Waals surface area contributed by atoms with Crippen LogP contribution in [0.15, 0.2) is 230 Å². The van der Waals surface area contributed by atoms with Crippen molar-refractivity contribution in [2.24, 2.45) is 5.92 Å². The Balaban J connectivity index is 0.949. The van der Waals surface area contributed by atoms with E-state index in [0.717, 1.165) is 17.1 Å². The van der Waals surface area contributed by atoms with E-state index in [4.69, 9.17) is 0 Å². The lowest BCUT2D eigenvalue weighted by atomic mass is 9.59. The lowest BCUT2D eigenvalue weighted by Crippen LogP contribution is -2.38. The Labute approximate surface area is 392 Å². The van der Waals surface area contributed by atoms with Crippen molar-refractivity contribution in [3.8, 4) is 27.9 Å². The Hall–Kier alpha value is -7.94. The van der Waals surface area contributed by atoms with Crippen molar-refractivity contribution in [2.45, 2.75) is 37.5 Å². The van der Waals surface area contributed by atoms with Crippen molar-refractivity contribution in [1.29, 1.82) is 0 Å². The molecule has 1 aromatic heterocycles. The maximum absolute atomic E-state index is 2.55. The fourth-order valence-corrected chi connectivity index (χ4v) is 13.0. The number of benzene rings is 9. The molecule has 0 amide bonds. The smallest absolute Gasteiger partial charge is 0.0723 e. The summed E-state index contributed by atoms with van der Waals surface area (Å²) in [5.74, 6) is 0.385. The summed E-state index contributed by atoms with van der Waals surface area (Å²) in [5, 5.41) is 2.61. The van der Waals surface area contributed by atoms with Gasteiger partial charge >= 0.3 is 0 Å². The van der Waals surface area contributed by atoms with Gasteiger partial charge in [-0.25, -0.2) is 0 Å². The average molecular weight is 857 g/mol. The minimum absolute atomic E-state index is 0.115. The lowest BCUT2D eigenvalue weighted by Gasteiger charge is -2.45. The minimum atomic E-state index is -0.490. The standard InChI is InChI=1S/C65H48N2/c1-41-28-38-52-49-19-8-11-23-55(49)65(56-24-12-14-27-60(56)67-59-26-13-9-20-51(59)53-21-15-25-57(65)63(53)67)62(52)61(41)44-31-35-46(36-32-44)66(45-33-29-43(30-34-45)42-16-5-4-6-17-42)47-37-39-50-48-18-7-10-22-54(48)64(2,3)58(50)40-47/h4-41,61H,1-3H3. The SMILES string of the molecule is CC1C=CC2=C(C1c1ccc(N(c3ccc(-c4ccccc4)cc3)c3ccc4c(c3)C(C)(C)c3ccccc3-4)cc1)C1(c3ccccc32)c2ccccc2-n2c3ccccc3c3cccc1c32. The fourth-order valence-electron chi connectivity index (χ4n) is 13.0. The molecule has 14 rings (SSSR count). The van der Waals surface area contributed by atoms with Crippen LogP contribution in [0.4, 0.5) is 17.1 Å². The van der Waals surface area contributed by atoms with E-state index >= 15 is 0 Å². The molecular weight excluding hydrogens is 809 g/mol. The highest BCUT2D eigenvalue weighted by atomic mass is 15.1. The maximum atomic E-state index is 2.55. The van der Waals surface area contributed by atoms with Gasteiger partial charge in [-0.05, 0) is 127 Å². The van der Waals surface area contributed by atoms with E-state index in [0.29, 0.717) is 0 Å². The van der Waals surface area contributed by atoms with Gasteiger partial charge in [-0.15, -0.1) is 0 Å². The Kier molecular flexibility index (Phi) is 8.03. The maximum Gasteiger partial charge on any atom is 0.0723 e. The largest absolute Gasteiger partial charge is 0.310 e.